The zero-order valence-corrected chi connectivity index (χ0v) is 11.2. The fourth-order valence-electron chi connectivity index (χ4n) is 2.37. The summed E-state index contributed by atoms with van der Waals surface area (Å²) in [5, 5.41) is 9.19. The van der Waals surface area contributed by atoms with Gasteiger partial charge in [0, 0.05) is 6.54 Å². The van der Waals surface area contributed by atoms with Crippen LogP contribution >= 0.6 is 0 Å². The summed E-state index contributed by atoms with van der Waals surface area (Å²) in [5.41, 5.74) is 3.37. The summed E-state index contributed by atoms with van der Waals surface area (Å²) in [4.78, 5) is 22.5. The van der Waals surface area contributed by atoms with Gasteiger partial charge in [-0.3, -0.25) is 0 Å². The van der Waals surface area contributed by atoms with E-state index in [1.165, 1.54) is 6.33 Å². The number of nitrogens with one attached hydrogen (secondary N) is 1. The molecular formula is C14H14N4O2. The molecule has 6 nitrogen and oxygen atoms in total. The van der Waals surface area contributed by atoms with Crippen molar-refractivity contribution in [3.63, 3.8) is 0 Å². The van der Waals surface area contributed by atoms with E-state index in [4.69, 9.17) is 0 Å². The highest BCUT2D eigenvalue weighted by atomic mass is 16.4. The number of aromatic nitrogens is 4. The number of imidazole rings is 2. The third-order valence-electron chi connectivity index (χ3n) is 3.28. The molecule has 2 aromatic heterocycles. The average molecular weight is 270 g/mol. The van der Waals surface area contributed by atoms with E-state index in [9.17, 15) is 9.90 Å². The smallest absolute Gasteiger partial charge is 0.354 e. The number of carboxylic acid groups (broad SMARTS) is 1. The van der Waals surface area contributed by atoms with Crippen molar-refractivity contribution in [1.29, 1.82) is 0 Å². The summed E-state index contributed by atoms with van der Waals surface area (Å²) < 4.78 is 1.97. The van der Waals surface area contributed by atoms with Crippen LogP contribution in [0.15, 0.2) is 24.5 Å². The zero-order chi connectivity index (χ0) is 14.3. The van der Waals surface area contributed by atoms with Crippen molar-refractivity contribution in [3.05, 3.63) is 35.8 Å². The predicted molar refractivity (Wildman–Crippen MR) is 74.7 cm³/mol. The topological polar surface area (TPSA) is 83.8 Å². The molecule has 3 aromatic rings. The Labute approximate surface area is 115 Å². The predicted octanol–water partition coefficient (Wildman–Crippen LogP) is 2.45. The number of hydrogen-bond acceptors (Lipinski definition) is 3. The minimum absolute atomic E-state index is 0.0618. The monoisotopic (exact) mass is 270 g/mol. The molecule has 0 aliphatic carbocycles. The molecule has 1 aromatic carbocycles. The second kappa shape index (κ2) is 4.48. The van der Waals surface area contributed by atoms with Crippen LogP contribution < -0.4 is 0 Å². The number of aromatic carboxylic acids is 1. The minimum atomic E-state index is -1.04. The van der Waals surface area contributed by atoms with Crippen LogP contribution in [0.3, 0.4) is 0 Å². The molecule has 0 spiro atoms. The van der Waals surface area contributed by atoms with Gasteiger partial charge in [0.15, 0.2) is 11.5 Å². The number of nitrogens with zero attached hydrogens (tertiary/aromatic N) is 3. The Hall–Kier alpha value is -2.63. The van der Waals surface area contributed by atoms with Crippen LogP contribution in [0.2, 0.25) is 0 Å². The van der Waals surface area contributed by atoms with E-state index in [2.05, 4.69) is 15.0 Å². The van der Waals surface area contributed by atoms with Gasteiger partial charge in [-0.15, -0.1) is 0 Å². The van der Waals surface area contributed by atoms with Crippen LogP contribution in [-0.4, -0.2) is 30.6 Å². The Morgan fingerprint density at radius 3 is 2.95 bits per heavy atom. The van der Waals surface area contributed by atoms with Crippen molar-refractivity contribution < 1.29 is 9.90 Å². The maximum absolute atomic E-state index is 11.2. The number of H-pyrrole nitrogens is 1. The third-order valence-corrected chi connectivity index (χ3v) is 3.28. The first kappa shape index (κ1) is 12.4. The summed E-state index contributed by atoms with van der Waals surface area (Å²) in [6, 6.07) is 6.00. The molecule has 0 saturated heterocycles. The summed E-state index contributed by atoms with van der Waals surface area (Å²) in [7, 11) is 0. The lowest BCUT2D eigenvalue weighted by molar-refractivity contribution is 0.0692. The van der Waals surface area contributed by atoms with Crippen molar-refractivity contribution >= 4 is 17.0 Å². The lowest BCUT2D eigenvalue weighted by atomic mass is 10.2. The van der Waals surface area contributed by atoms with E-state index >= 15 is 0 Å². The zero-order valence-electron chi connectivity index (χ0n) is 11.2. The molecule has 0 radical (unpaired) electrons. The summed E-state index contributed by atoms with van der Waals surface area (Å²) in [6.45, 7) is 4.69. The highest BCUT2D eigenvalue weighted by Gasteiger charge is 2.20. The van der Waals surface area contributed by atoms with Gasteiger partial charge in [-0.05, 0) is 31.5 Å². The van der Waals surface area contributed by atoms with Crippen LogP contribution in [0.1, 0.15) is 23.0 Å². The first-order chi connectivity index (χ1) is 9.61. The maximum atomic E-state index is 11.2. The van der Waals surface area contributed by atoms with E-state index in [-0.39, 0.29) is 5.69 Å². The normalized spacial score (nSPS) is 11.1. The highest BCUT2D eigenvalue weighted by Crippen LogP contribution is 2.26. The number of rotatable bonds is 3. The number of benzene rings is 1. The van der Waals surface area contributed by atoms with Gasteiger partial charge in [0.25, 0.3) is 0 Å². The molecule has 0 aliphatic heterocycles. The number of aryl methyl sites for hydroxylation is 2. The van der Waals surface area contributed by atoms with E-state index in [0.29, 0.717) is 18.1 Å². The van der Waals surface area contributed by atoms with E-state index < -0.39 is 5.97 Å². The summed E-state index contributed by atoms with van der Waals surface area (Å²) in [6.07, 6.45) is 1.38. The van der Waals surface area contributed by atoms with Gasteiger partial charge in [0.05, 0.1) is 17.4 Å². The SMILES string of the molecule is CCn1c(-c2nc[nH]c2C(=O)O)nc2cc(C)ccc21. The van der Waals surface area contributed by atoms with Gasteiger partial charge < -0.3 is 14.7 Å². The van der Waals surface area contributed by atoms with Gasteiger partial charge in [-0.2, -0.15) is 0 Å². The van der Waals surface area contributed by atoms with Crippen molar-refractivity contribution in [1.82, 2.24) is 19.5 Å². The summed E-state index contributed by atoms with van der Waals surface area (Å²) >= 11 is 0. The number of aromatic amines is 1. The average Bonchev–Trinajstić information content (AvgIpc) is 3.01. The first-order valence-electron chi connectivity index (χ1n) is 6.35. The van der Waals surface area contributed by atoms with Crippen molar-refractivity contribution in [2.45, 2.75) is 20.4 Å². The fourth-order valence-corrected chi connectivity index (χ4v) is 2.37. The molecule has 2 N–H and O–H groups in total. The van der Waals surface area contributed by atoms with Crippen molar-refractivity contribution in [3.8, 4) is 11.5 Å². The number of carbonyl (C=O) groups is 1. The quantitative estimate of drug-likeness (QED) is 0.765. The molecule has 102 valence electrons. The minimum Gasteiger partial charge on any atom is -0.477 e. The third kappa shape index (κ3) is 1.77. The largest absolute Gasteiger partial charge is 0.477 e. The fraction of sp³-hybridized carbons (Fsp3) is 0.214. The van der Waals surface area contributed by atoms with Crippen LogP contribution in [0.25, 0.3) is 22.6 Å². The highest BCUT2D eigenvalue weighted by molar-refractivity contribution is 5.93. The van der Waals surface area contributed by atoms with Gasteiger partial charge in [0.1, 0.15) is 5.69 Å². The van der Waals surface area contributed by atoms with E-state index in [1.54, 1.807) is 0 Å². The second-order valence-electron chi connectivity index (χ2n) is 4.60. The van der Waals surface area contributed by atoms with E-state index in [0.717, 1.165) is 16.6 Å². The lowest BCUT2D eigenvalue weighted by Gasteiger charge is -2.04. The summed E-state index contributed by atoms with van der Waals surface area (Å²) in [5.74, 6) is -0.463. The van der Waals surface area contributed by atoms with Gasteiger partial charge in [-0.1, -0.05) is 6.07 Å². The first-order valence-corrected chi connectivity index (χ1v) is 6.35. The Morgan fingerprint density at radius 2 is 2.25 bits per heavy atom. The second-order valence-corrected chi connectivity index (χ2v) is 4.60. The molecule has 6 heteroatoms. The molecule has 20 heavy (non-hydrogen) atoms. The number of fused-ring (bicyclic) bond motifs is 1. The molecule has 0 atom stereocenters. The molecular weight excluding hydrogens is 256 g/mol. The van der Waals surface area contributed by atoms with Gasteiger partial charge in [0.2, 0.25) is 0 Å². The molecule has 0 fully saturated rings. The Bertz CT molecular complexity index is 801. The lowest BCUT2D eigenvalue weighted by Crippen LogP contribution is -2.04. The molecule has 0 saturated carbocycles. The molecule has 0 amide bonds. The Morgan fingerprint density at radius 1 is 1.45 bits per heavy atom. The van der Waals surface area contributed by atoms with Crippen molar-refractivity contribution in [2.75, 3.05) is 0 Å². The van der Waals surface area contributed by atoms with Crippen LogP contribution in [0.4, 0.5) is 0 Å². The van der Waals surface area contributed by atoms with E-state index in [1.807, 2.05) is 36.6 Å². The molecule has 3 rings (SSSR count). The van der Waals surface area contributed by atoms with Crippen LogP contribution in [0.5, 0.6) is 0 Å². The number of carboxylic acids is 1. The van der Waals surface area contributed by atoms with Gasteiger partial charge in [-0.25, -0.2) is 14.8 Å². The van der Waals surface area contributed by atoms with Gasteiger partial charge >= 0.3 is 5.97 Å². The Kier molecular flexibility index (Phi) is 2.78. The molecule has 0 bridgehead atoms. The van der Waals surface area contributed by atoms with Crippen molar-refractivity contribution in [2.24, 2.45) is 0 Å². The van der Waals surface area contributed by atoms with Crippen LogP contribution in [-0.2, 0) is 6.54 Å². The molecule has 0 aliphatic rings. The molecule has 2 heterocycles. The Balaban J connectivity index is 2.30. The molecule has 0 unspecified atom stereocenters. The van der Waals surface area contributed by atoms with Crippen LogP contribution in [0, 0.1) is 6.92 Å². The standard InChI is InChI=1S/C14H14N4O2/c1-3-18-10-5-4-8(2)6-9(10)17-13(18)11-12(14(19)20)16-7-15-11/h4-7H,3H2,1-2H3,(H,15,16)(H,19,20). The number of hydrogen-bond donors (Lipinski definition) is 2. The maximum Gasteiger partial charge on any atom is 0.354 e.